The number of anilines is 1. The average molecular weight is 591 g/mol. The van der Waals surface area contributed by atoms with Crippen molar-refractivity contribution in [1.29, 1.82) is 0 Å². The van der Waals surface area contributed by atoms with Crippen molar-refractivity contribution in [3.63, 3.8) is 0 Å². The predicted molar refractivity (Wildman–Crippen MR) is 161 cm³/mol. The van der Waals surface area contributed by atoms with Crippen LogP contribution in [0, 0.1) is 6.57 Å². The van der Waals surface area contributed by atoms with Crippen LogP contribution in [0.25, 0.3) is 26.9 Å². The summed E-state index contributed by atoms with van der Waals surface area (Å²) in [7, 11) is 0. The fourth-order valence-electron chi connectivity index (χ4n) is 5.23. The fraction of sp³-hybridized carbons (Fsp3) is 0.344. The van der Waals surface area contributed by atoms with Crippen LogP contribution in [0.15, 0.2) is 60.9 Å². The highest BCUT2D eigenvalue weighted by atomic mass is 19.3. The number of rotatable bonds is 11. The van der Waals surface area contributed by atoms with Gasteiger partial charge in [-0.25, -0.2) is 14.2 Å². The van der Waals surface area contributed by atoms with Gasteiger partial charge in [0.25, 0.3) is 5.91 Å². The molecular weight excluding hydrogens is 557 g/mol. The van der Waals surface area contributed by atoms with Crippen molar-refractivity contribution in [2.45, 2.75) is 31.9 Å². The van der Waals surface area contributed by atoms with Gasteiger partial charge >= 0.3 is 5.92 Å². The van der Waals surface area contributed by atoms with Gasteiger partial charge in [-0.05, 0) is 73.2 Å². The van der Waals surface area contributed by atoms with Gasteiger partial charge in [-0.1, -0.05) is 18.2 Å². The number of aryl methyl sites for hydroxylation is 1. The minimum Gasteiger partial charge on any atom is -0.487 e. The minimum absolute atomic E-state index is 0.150. The first-order valence-electron chi connectivity index (χ1n) is 14.1. The molecule has 4 aromatic rings. The van der Waals surface area contributed by atoms with Gasteiger partial charge in [-0.3, -0.25) is 9.69 Å². The largest absolute Gasteiger partial charge is 0.487 e. The Bertz CT molecular complexity index is 1640. The summed E-state index contributed by atoms with van der Waals surface area (Å²) >= 11 is 0. The van der Waals surface area contributed by atoms with Crippen LogP contribution < -0.4 is 15.4 Å². The Hall–Kier alpha value is -4.56. The Kier molecular flexibility index (Phi) is 8.87. The molecule has 1 atom stereocenters. The van der Waals surface area contributed by atoms with Crippen LogP contribution in [0.3, 0.4) is 0 Å². The number of primary amides is 1. The highest BCUT2D eigenvalue weighted by molar-refractivity contribution is 5.99. The number of hydrogen-bond donors (Lipinski definition) is 2. The van der Waals surface area contributed by atoms with Crippen LogP contribution in [0.2, 0.25) is 0 Å². The smallest absolute Gasteiger partial charge is 0.311 e. The number of piperazine rings is 1. The van der Waals surface area contributed by atoms with E-state index in [-0.39, 0.29) is 11.3 Å². The highest BCUT2D eigenvalue weighted by Crippen LogP contribution is 2.30. The van der Waals surface area contributed by atoms with Crippen LogP contribution in [0.4, 0.5) is 24.7 Å². The molecule has 43 heavy (non-hydrogen) atoms. The van der Waals surface area contributed by atoms with E-state index in [1.165, 1.54) is 11.6 Å². The van der Waals surface area contributed by atoms with E-state index >= 15 is 0 Å². The summed E-state index contributed by atoms with van der Waals surface area (Å²) in [4.78, 5) is 28.3. The summed E-state index contributed by atoms with van der Waals surface area (Å²) in [6.45, 7) is 10.9. The molecule has 0 radical (unpaired) electrons. The molecule has 1 fully saturated rings. The first-order valence-corrected chi connectivity index (χ1v) is 14.1. The number of nitrogens with two attached hydrogens (primary N) is 1. The zero-order valence-corrected chi connectivity index (χ0v) is 23.8. The molecule has 1 amide bonds. The quantitative estimate of drug-likeness (QED) is 0.209. The Morgan fingerprint density at radius 1 is 1.16 bits per heavy atom. The molecule has 0 saturated carbocycles. The van der Waals surface area contributed by atoms with Gasteiger partial charge in [-0.2, -0.15) is 8.78 Å². The molecule has 3 heterocycles. The van der Waals surface area contributed by atoms with Crippen molar-refractivity contribution in [1.82, 2.24) is 14.9 Å². The monoisotopic (exact) mass is 590 g/mol. The van der Waals surface area contributed by atoms with Crippen LogP contribution >= 0.6 is 0 Å². The molecule has 1 aliphatic rings. The molecule has 3 N–H and O–H groups in total. The number of ether oxygens (including phenoxy) is 1. The summed E-state index contributed by atoms with van der Waals surface area (Å²) in [5.74, 6) is -3.56. The SMILES string of the molecule is [C-]#[N+]c1ccc2[nH]cc(CCCN3CCN(c4ncc(-c5cccc(OCC(F)(F)C(C)F)c5)cc4C(N)=O)CC3)c2c1. The molecule has 2 aromatic carbocycles. The van der Waals surface area contributed by atoms with Crippen molar-refractivity contribution >= 4 is 28.3 Å². The molecule has 2 aromatic heterocycles. The predicted octanol–water partition coefficient (Wildman–Crippen LogP) is 6.01. The lowest BCUT2D eigenvalue weighted by atomic mass is 10.0. The number of carbonyl (C=O) groups is 1. The molecule has 11 heteroatoms. The number of amides is 1. The lowest BCUT2D eigenvalue weighted by molar-refractivity contribution is -0.0941. The third-order valence-electron chi connectivity index (χ3n) is 7.79. The molecule has 8 nitrogen and oxygen atoms in total. The maximum absolute atomic E-state index is 13.7. The van der Waals surface area contributed by atoms with E-state index < -0.39 is 24.6 Å². The van der Waals surface area contributed by atoms with E-state index in [1.807, 2.05) is 29.3 Å². The molecule has 1 saturated heterocycles. The highest BCUT2D eigenvalue weighted by Gasteiger charge is 2.38. The summed E-state index contributed by atoms with van der Waals surface area (Å²) in [6.07, 6.45) is 3.18. The molecule has 224 valence electrons. The number of H-pyrrole nitrogens is 1. The molecule has 1 aliphatic heterocycles. The number of nitrogens with zero attached hydrogens (tertiary/aromatic N) is 4. The summed E-state index contributed by atoms with van der Waals surface area (Å²) in [5, 5.41) is 1.10. The van der Waals surface area contributed by atoms with Crippen LogP contribution in [0.1, 0.15) is 29.3 Å². The second-order valence-electron chi connectivity index (χ2n) is 10.7. The van der Waals surface area contributed by atoms with Crippen molar-refractivity contribution in [3.05, 3.63) is 83.5 Å². The van der Waals surface area contributed by atoms with Gasteiger partial charge in [-0.15, -0.1) is 0 Å². The van der Waals surface area contributed by atoms with Gasteiger partial charge in [0.1, 0.15) is 11.6 Å². The number of carbonyl (C=O) groups excluding carboxylic acids is 1. The number of hydrogen-bond acceptors (Lipinski definition) is 5. The van der Waals surface area contributed by atoms with Crippen molar-refractivity contribution in [2.24, 2.45) is 5.73 Å². The average Bonchev–Trinajstić information content (AvgIpc) is 3.42. The van der Waals surface area contributed by atoms with Crippen molar-refractivity contribution in [3.8, 4) is 16.9 Å². The third kappa shape index (κ3) is 6.92. The maximum atomic E-state index is 13.7. The zero-order chi connectivity index (χ0) is 30.6. The van der Waals surface area contributed by atoms with E-state index in [4.69, 9.17) is 17.0 Å². The topological polar surface area (TPSA) is 91.8 Å². The van der Waals surface area contributed by atoms with Gasteiger partial charge in [0.2, 0.25) is 0 Å². The Morgan fingerprint density at radius 3 is 2.67 bits per heavy atom. The zero-order valence-electron chi connectivity index (χ0n) is 23.8. The minimum atomic E-state index is -3.61. The number of benzene rings is 2. The maximum Gasteiger partial charge on any atom is 0.311 e. The van der Waals surface area contributed by atoms with Gasteiger partial charge < -0.3 is 20.4 Å². The number of nitrogens with one attached hydrogen (secondary N) is 1. The number of pyridine rings is 1. The van der Waals surface area contributed by atoms with E-state index in [0.29, 0.717) is 35.7 Å². The number of halogens is 3. The van der Waals surface area contributed by atoms with Crippen LogP contribution in [-0.2, 0) is 6.42 Å². The molecular formula is C32H33F3N6O2. The molecule has 0 bridgehead atoms. The number of fused-ring (bicyclic) bond motifs is 1. The fourth-order valence-corrected chi connectivity index (χ4v) is 5.23. The van der Waals surface area contributed by atoms with Gasteiger partial charge in [0.05, 0.1) is 12.1 Å². The van der Waals surface area contributed by atoms with E-state index in [9.17, 15) is 18.0 Å². The normalized spacial score (nSPS) is 14.9. The van der Waals surface area contributed by atoms with Crippen LogP contribution in [0.5, 0.6) is 5.75 Å². The second-order valence-corrected chi connectivity index (χ2v) is 10.7. The van der Waals surface area contributed by atoms with Gasteiger partial charge in [0, 0.05) is 49.7 Å². The van der Waals surface area contributed by atoms with Crippen molar-refractivity contribution < 1.29 is 22.7 Å². The van der Waals surface area contributed by atoms with E-state index in [0.717, 1.165) is 50.3 Å². The standard InChI is InChI=1S/C32H33F3N6O2/c1-21(33)32(34,35)20-43-26-7-3-5-22(15-26)24-16-28(30(36)42)31(39-19-24)41-13-11-40(12-14-41)10-4-6-23-18-38-29-9-8-25(37-2)17-27(23)29/h3,5,7-9,15-19,21,38H,4,6,10-14,20H2,1H3,(H2,36,42). The summed E-state index contributed by atoms with van der Waals surface area (Å²) in [6, 6.07) is 13.8. The Labute approximate surface area is 248 Å². The van der Waals surface area contributed by atoms with E-state index in [2.05, 4.69) is 19.7 Å². The first-order chi connectivity index (χ1) is 20.6. The lowest BCUT2D eigenvalue weighted by Gasteiger charge is -2.36. The Balaban J connectivity index is 1.19. The number of alkyl halides is 3. The van der Waals surface area contributed by atoms with Crippen LogP contribution in [-0.4, -0.2) is 72.2 Å². The third-order valence-corrected chi connectivity index (χ3v) is 7.79. The number of aromatic amines is 1. The van der Waals surface area contributed by atoms with E-state index in [1.54, 1.807) is 30.5 Å². The van der Waals surface area contributed by atoms with Crippen molar-refractivity contribution in [2.75, 3.05) is 44.2 Å². The molecule has 0 aliphatic carbocycles. The second kappa shape index (κ2) is 12.8. The van der Waals surface area contributed by atoms with Gasteiger partial charge in [0.15, 0.2) is 18.5 Å². The molecule has 1 unspecified atom stereocenters. The number of aromatic nitrogens is 2. The summed E-state index contributed by atoms with van der Waals surface area (Å²) < 4.78 is 45.6. The first kappa shape index (κ1) is 29.9. The molecule has 0 spiro atoms. The lowest BCUT2D eigenvalue weighted by Crippen LogP contribution is -2.47. The Morgan fingerprint density at radius 2 is 1.95 bits per heavy atom. The molecule has 5 rings (SSSR count). The summed E-state index contributed by atoms with van der Waals surface area (Å²) in [5.41, 5.74) is 10.1.